The Kier molecular flexibility index (Phi) is 4.30. The number of nitrogens with one attached hydrogen (secondary N) is 2. The molecule has 18 heavy (non-hydrogen) atoms. The van der Waals surface area contributed by atoms with Crippen LogP contribution in [0.15, 0.2) is 6.33 Å². The van der Waals surface area contributed by atoms with Gasteiger partial charge in [-0.25, -0.2) is 0 Å². The van der Waals surface area contributed by atoms with Crippen molar-refractivity contribution in [3.05, 3.63) is 12.2 Å². The van der Waals surface area contributed by atoms with Gasteiger partial charge in [0.2, 0.25) is 5.91 Å². The number of aryl methyl sites for hydroxylation is 1. The molecule has 0 spiro atoms. The largest absolute Gasteiger partial charge is 0.355 e. The van der Waals surface area contributed by atoms with Gasteiger partial charge in [0.05, 0.1) is 5.92 Å². The minimum atomic E-state index is 0.105. The van der Waals surface area contributed by atoms with Gasteiger partial charge < -0.3 is 15.2 Å². The third-order valence-corrected chi connectivity index (χ3v) is 3.39. The van der Waals surface area contributed by atoms with Crippen LogP contribution in [-0.4, -0.2) is 40.3 Å². The highest BCUT2D eigenvalue weighted by Crippen LogP contribution is 2.15. The fourth-order valence-corrected chi connectivity index (χ4v) is 2.33. The standard InChI is InChI=1S/C12H21N5O/c1-9-5-10(7-13-6-9)12(18)14-4-3-11-16-15-8-17(11)2/h8-10,13H,3-7H2,1-2H3,(H,14,18). The SMILES string of the molecule is CC1CNCC(C(=O)NCCc2nncn2C)C1. The fraction of sp³-hybridized carbons (Fsp3) is 0.750. The molecule has 1 aromatic rings. The Hall–Kier alpha value is -1.43. The van der Waals surface area contributed by atoms with Gasteiger partial charge in [-0.15, -0.1) is 10.2 Å². The summed E-state index contributed by atoms with van der Waals surface area (Å²) >= 11 is 0. The highest BCUT2D eigenvalue weighted by atomic mass is 16.1. The Labute approximate surface area is 107 Å². The van der Waals surface area contributed by atoms with Crippen molar-refractivity contribution in [2.75, 3.05) is 19.6 Å². The van der Waals surface area contributed by atoms with Crippen LogP contribution in [0.2, 0.25) is 0 Å². The van der Waals surface area contributed by atoms with Gasteiger partial charge >= 0.3 is 0 Å². The van der Waals surface area contributed by atoms with Gasteiger partial charge in [-0.1, -0.05) is 6.92 Å². The van der Waals surface area contributed by atoms with E-state index in [4.69, 9.17) is 0 Å². The molecule has 2 unspecified atom stereocenters. The van der Waals surface area contributed by atoms with Gasteiger partial charge in [-0.05, 0) is 18.9 Å². The van der Waals surface area contributed by atoms with Crippen molar-refractivity contribution in [1.29, 1.82) is 0 Å². The van der Waals surface area contributed by atoms with Crippen LogP contribution >= 0.6 is 0 Å². The number of amides is 1. The molecule has 2 N–H and O–H groups in total. The number of piperidine rings is 1. The van der Waals surface area contributed by atoms with E-state index in [9.17, 15) is 4.79 Å². The van der Waals surface area contributed by atoms with E-state index in [1.54, 1.807) is 6.33 Å². The molecular weight excluding hydrogens is 230 g/mol. The van der Waals surface area contributed by atoms with Crippen LogP contribution in [0.4, 0.5) is 0 Å². The molecule has 2 atom stereocenters. The first-order chi connectivity index (χ1) is 8.66. The quantitative estimate of drug-likeness (QED) is 0.772. The monoisotopic (exact) mass is 251 g/mol. The van der Waals surface area contributed by atoms with E-state index in [1.807, 2.05) is 11.6 Å². The first-order valence-electron chi connectivity index (χ1n) is 6.48. The number of hydrogen-bond acceptors (Lipinski definition) is 4. The zero-order valence-corrected chi connectivity index (χ0v) is 11.0. The fourth-order valence-electron chi connectivity index (χ4n) is 2.33. The average molecular weight is 251 g/mol. The molecule has 6 heteroatoms. The lowest BCUT2D eigenvalue weighted by Gasteiger charge is -2.26. The second-order valence-corrected chi connectivity index (χ2v) is 5.10. The van der Waals surface area contributed by atoms with Gasteiger partial charge in [0, 0.05) is 26.6 Å². The first kappa shape index (κ1) is 13.0. The van der Waals surface area contributed by atoms with Crippen molar-refractivity contribution in [1.82, 2.24) is 25.4 Å². The lowest BCUT2D eigenvalue weighted by Crippen LogP contribution is -2.43. The molecule has 1 aliphatic rings. The van der Waals surface area contributed by atoms with E-state index >= 15 is 0 Å². The van der Waals surface area contributed by atoms with Crippen molar-refractivity contribution >= 4 is 5.91 Å². The third-order valence-electron chi connectivity index (χ3n) is 3.39. The molecule has 1 fully saturated rings. The Morgan fingerprint density at radius 1 is 1.61 bits per heavy atom. The van der Waals surface area contributed by atoms with Crippen LogP contribution in [0.25, 0.3) is 0 Å². The summed E-state index contributed by atoms with van der Waals surface area (Å²) in [4.78, 5) is 12.0. The van der Waals surface area contributed by atoms with Crippen LogP contribution in [0.3, 0.4) is 0 Å². The van der Waals surface area contributed by atoms with E-state index in [1.165, 1.54) is 0 Å². The summed E-state index contributed by atoms with van der Waals surface area (Å²) in [6.45, 7) is 4.60. The molecule has 0 bridgehead atoms. The molecule has 1 saturated heterocycles. The molecule has 2 rings (SSSR count). The van der Waals surface area contributed by atoms with Gasteiger partial charge in [0.15, 0.2) is 0 Å². The summed E-state index contributed by atoms with van der Waals surface area (Å²) in [5, 5.41) is 14.1. The Balaban J connectivity index is 1.73. The smallest absolute Gasteiger partial charge is 0.224 e. The Morgan fingerprint density at radius 3 is 3.11 bits per heavy atom. The summed E-state index contributed by atoms with van der Waals surface area (Å²) in [6.07, 6.45) is 3.37. The van der Waals surface area contributed by atoms with E-state index in [-0.39, 0.29) is 11.8 Å². The molecule has 6 nitrogen and oxygen atoms in total. The second-order valence-electron chi connectivity index (χ2n) is 5.10. The van der Waals surface area contributed by atoms with Crippen LogP contribution in [0, 0.1) is 11.8 Å². The lowest BCUT2D eigenvalue weighted by atomic mass is 9.91. The maximum atomic E-state index is 12.0. The van der Waals surface area contributed by atoms with Gasteiger partial charge in [-0.2, -0.15) is 0 Å². The summed E-state index contributed by atoms with van der Waals surface area (Å²) in [5.41, 5.74) is 0. The minimum Gasteiger partial charge on any atom is -0.355 e. The van der Waals surface area contributed by atoms with Gasteiger partial charge in [-0.3, -0.25) is 4.79 Å². The Bertz CT molecular complexity index is 403. The second kappa shape index (κ2) is 5.95. The zero-order valence-electron chi connectivity index (χ0n) is 11.0. The molecule has 1 amide bonds. The van der Waals surface area contributed by atoms with Crippen molar-refractivity contribution in [2.24, 2.45) is 18.9 Å². The summed E-state index contributed by atoms with van der Waals surface area (Å²) in [5.74, 6) is 1.73. The first-order valence-corrected chi connectivity index (χ1v) is 6.48. The van der Waals surface area contributed by atoms with Crippen molar-refractivity contribution in [2.45, 2.75) is 19.8 Å². The number of nitrogens with zero attached hydrogens (tertiary/aromatic N) is 3. The molecule has 0 aliphatic carbocycles. The predicted molar refractivity (Wildman–Crippen MR) is 67.9 cm³/mol. The molecule has 100 valence electrons. The molecule has 1 aliphatic heterocycles. The summed E-state index contributed by atoms with van der Waals surface area (Å²) in [6, 6.07) is 0. The van der Waals surface area contributed by atoms with Crippen molar-refractivity contribution in [3.8, 4) is 0 Å². The number of hydrogen-bond donors (Lipinski definition) is 2. The van der Waals surface area contributed by atoms with Crippen molar-refractivity contribution in [3.63, 3.8) is 0 Å². The molecule has 0 radical (unpaired) electrons. The predicted octanol–water partition coefficient (Wildman–Crippen LogP) is -0.281. The third kappa shape index (κ3) is 3.29. The number of carbonyl (C=O) groups is 1. The van der Waals surface area contributed by atoms with Gasteiger partial charge in [0.1, 0.15) is 12.2 Å². The molecule has 0 saturated carbocycles. The van der Waals surface area contributed by atoms with Crippen LogP contribution in [0.5, 0.6) is 0 Å². The normalized spacial score (nSPS) is 23.9. The van der Waals surface area contributed by atoms with Crippen LogP contribution in [0.1, 0.15) is 19.2 Å². The van der Waals surface area contributed by atoms with Gasteiger partial charge in [0.25, 0.3) is 0 Å². The molecular formula is C12H21N5O. The summed E-state index contributed by atoms with van der Waals surface area (Å²) < 4.78 is 1.87. The lowest BCUT2D eigenvalue weighted by molar-refractivity contribution is -0.125. The average Bonchev–Trinajstić information content (AvgIpc) is 2.75. The maximum absolute atomic E-state index is 12.0. The molecule has 0 aromatic carbocycles. The number of carbonyl (C=O) groups excluding carboxylic acids is 1. The number of rotatable bonds is 4. The van der Waals surface area contributed by atoms with Crippen LogP contribution < -0.4 is 10.6 Å². The van der Waals surface area contributed by atoms with Crippen molar-refractivity contribution < 1.29 is 4.79 Å². The zero-order chi connectivity index (χ0) is 13.0. The topological polar surface area (TPSA) is 71.8 Å². The van der Waals surface area contributed by atoms with E-state index in [0.717, 1.165) is 31.8 Å². The van der Waals surface area contributed by atoms with E-state index in [2.05, 4.69) is 27.8 Å². The van der Waals surface area contributed by atoms with Crippen LogP contribution in [-0.2, 0) is 18.3 Å². The molecule has 2 heterocycles. The summed E-state index contributed by atoms with van der Waals surface area (Å²) in [7, 11) is 1.91. The van der Waals surface area contributed by atoms with E-state index in [0.29, 0.717) is 12.5 Å². The highest BCUT2D eigenvalue weighted by Gasteiger charge is 2.24. The van der Waals surface area contributed by atoms with E-state index < -0.39 is 0 Å². The minimum absolute atomic E-state index is 0.105. The maximum Gasteiger partial charge on any atom is 0.224 e. The highest BCUT2D eigenvalue weighted by molar-refractivity contribution is 5.79. The molecule has 1 aromatic heterocycles. The Morgan fingerprint density at radius 2 is 2.44 bits per heavy atom. The number of aromatic nitrogens is 3.